The van der Waals surface area contributed by atoms with Gasteiger partial charge in [-0.1, -0.05) is 25.1 Å². The van der Waals surface area contributed by atoms with Crippen LogP contribution in [0.5, 0.6) is 23.0 Å². The van der Waals surface area contributed by atoms with Crippen LogP contribution in [0.25, 0.3) is 0 Å². The van der Waals surface area contributed by atoms with Gasteiger partial charge >= 0.3 is 0 Å². The average Bonchev–Trinajstić information content (AvgIpc) is 3.10. The molecule has 2 aliphatic rings. The fourth-order valence-electron chi connectivity index (χ4n) is 2.83. The van der Waals surface area contributed by atoms with E-state index < -0.39 is 0 Å². The molecule has 3 N–H and O–H groups in total. The molecule has 1 saturated heterocycles. The number of aromatic hydroxyl groups is 2. The van der Waals surface area contributed by atoms with Gasteiger partial charge in [-0.05, 0) is 12.1 Å². The molecule has 0 bridgehead atoms. The van der Waals surface area contributed by atoms with Crippen LogP contribution in [-0.4, -0.2) is 43.3 Å². The maximum atomic E-state index is 10.1. The molecule has 1 unspecified atom stereocenters. The second-order valence-corrected chi connectivity index (χ2v) is 5.91. The molecule has 1 atom stereocenters. The molecule has 25 heavy (non-hydrogen) atoms. The summed E-state index contributed by atoms with van der Waals surface area (Å²) in [6.07, 6.45) is 0. The van der Waals surface area contributed by atoms with Crippen LogP contribution < -0.4 is 14.8 Å². The Kier molecular flexibility index (Phi) is 5.63. The zero-order valence-corrected chi connectivity index (χ0v) is 14.2. The first-order chi connectivity index (χ1) is 12.2. The number of morpholine rings is 1. The maximum Gasteiger partial charge on any atom is 0.231 e. The topological polar surface area (TPSA) is 80.2 Å². The SMILES string of the molecule is C1COCCN1.CC(c1ccccc1O)c1cc2c(cc1O)OCO2. The molecule has 1 fully saturated rings. The van der Waals surface area contributed by atoms with Gasteiger partial charge in [0.1, 0.15) is 11.5 Å². The van der Waals surface area contributed by atoms with E-state index in [-0.39, 0.29) is 24.2 Å². The summed E-state index contributed by atoms with van der Waals surface area (Å²) in [5.74, 6) is 1.38. The summed E-state index contributed by atoms with van der Waals surface area (Å²) in [6.45, 7) is 5.93. The number of ether oxygens (including phenoxy) is 3. The van der Waals surface area contributed by atoms with Crippen molar-refractivity contribution in [2.24, 2.45) is 0 Å². The fraction of sp³-hybridized carbons (Fsp3) is 0.368. The van der Waals surface area contributed by atoms with Crippen LogP contribution >= 0.6 is 0 Å². The zero-order valence-electron chi connectivity index (χ0n) is 14.2. The van der Waals surface area contributed by atoms with E-state index in [2.05, 4.69) is 5.32 Å². The third kappa shape index (κ3) is 4.15. The van der Waals surface area contributed by atoms with Crippen LogP contribution in [0, 0.1) is 0 Å². The van der Waals surface area contributed by atoms with Gasteiger partial charge in [0.15, 0.2) is 11.5 Å². The molecule has 134 valence electrons. The van der Waals surface area contributed by atoms with Crippen molar-refractivity contribution in [3.63, 3.8) is 0 Å². The van der Waals surface area contributed by atoms with Crippen molar-refractivity contribution in [1.82, 2.24) is 5.32 Å². The Morgan fingerprint density at radius 3 is 2.20 bits per heavy atom. The summed E-state index contributed by atoms with van der Waals surface area (Å²) in [7, 11) is 0. The molecular weight excluding hydrogens is 322 g/mol. The van der Waals surface area contributed by atoms with Crippen molar-refractivity contribution in [1.29, 1.82) is 0 Å². The first-order valence-electron chi connectivity index (χ1n) is 8.35. The first-order valence-corrected chi connectivity index (χ1v) is 8.35. The van der Waals surface area contributed by atoms with Crippen molar-refractivity contribution in [3.8, 4) is 23.0 Å². The molecule has 6 heteroatoms. The highest BCUT2D eigenvalue weighted by Gasteiger charge is 2.22. The maximum absolute atomic E-state index is 10.1. The average molecular weight is 345 g/mol. The van der Waals surface area contributed by atoms with Crippen LogP contribution in [0.2, 0.25) is 0 Å². The highest BCUT2D eigenvalue weighted by molar-refractivity contribution is 5.55. The minimum Gasteiger partial charge on any atom is -0.508 e. The van der Waals surface area contributed by atoms with E-state index in [1.54, 1.807) is 24.3 Å². The molecule has 6 nitrogen and oxygen atoms in total. The van der Waals surface area contributed by atoms with Crippen LogP contribution in [0.15, 0.2) is 36.4 Å². The van der Waals surface area contributed by atoms with Gasteiger partial charge in [-0.25, -0.2) is 0 Å². The van der Waals surface area contributed by atoms with E-state index in [9.17, 15) is 10.2 Å². The minimum absolute atomic E-state index is 0.139. The van der Waals surface area contributed by atoms with Crippen molar-refractivity contribution >= 4 is 0 Å². The van der Waals surface area contributed by atoms with Crippen LogP contribution in [0.4, 0.5) is 0 Å². The second kappa shape index (κ2) is 8.09. The molecule has 0 amide bonds. The van der Waals surface area contributed by atoms with Crippen LogP contribution in [0.3, 0.4) is 0 Å². The Morgan fingerprint density at radius 2 is 1.60 bits per heavy atom. The summed E-state index contributed by atoms with van der Waals surface area (Å²) in [5, 5.41) is 23.1. The molecular formula is C19H23NO5. The third-order valence-corrected chi connectivity index (χ3v) is 4.24. The van der Waals surface area contributed by atoms with E-state index in [0.29, 0.717) is 17.1 Å². The molecule has 4 rings (SSSR count). The van der Waals surface area contributed by atoms with Crippen molar-refractivity contribution < 1.29 is 24.4 Å². The van der Waals surface area contributed by atoms with Crippen molar-refractivity contribution in [2.75, 3.05) is 33.1 Å². The number of para-hydroxylation sites is 1. The monoisotopic (exact) mass is 345 g/mol. The van der Waals surface area contributed by atoms with Gasteiger partial charge in [0, 0.05) is 36.2 Å². The highest BCUT2D eigenvalue weighted by Crippen LogP contribution is 2.43. The molecule has 0 radical (unpaired) electrons. The number of hydrogen-bond acceptors (Lipinski definition) is 6. The summed E-state index contributed by atoms with van der Waals surface area (Å²) in [6, 6.07) is 10.4. The predicted molar refractivity (Wildman–Crippen MR) is 93.5 cm³/mol. The Morgan fingerprint density at radius 1 is 0.920 bits per heavy atom. The van der Waals surface area contributed by atoms with E-state index >= 15 is 0 Å². The number of benzene rings is 2. The van der Waals surface area contributed by atoms with E-state index in [1.165, 1.54) is 0 Å². The van der Waals surface area contributed by atoms with Gasteiger partial charge in [-0.15, -0.1) is 0 Å². The number of nitrogens with one attached hydrogen (secondary N) is 1. The van der Waals surface area contributed by atoms with Gasteiger partial charge in [0.05, 0.1) is 13.2 Å². The van der Waals surface area contributed by atoms with Gasteiger partial charge in [-0.2, -0.15) is 0 Å². The lowest BCUT2D eigenvalue weighted by atomic mass is 9.91. The smallest absolute Gasteiger partial charge is 0.231 e. The zero-order chi connectivity index (χ0) is 17.6. The van der Waals surface area contributed by atoms with Gasteiger partial charge in [0.25, 0.3) is 0 Å². The molecule has 0 aromatic heterocycles. The van der Waals surface area contributed by atoms with Crippen LogP contribution in [-0.2, 0) is 4.74 Å². The second-order valence-electron chi connectivity index (χ2n) is 5.91. The van der Waals surface area contributed by atoms with Crippen molar-refractivity contribution in [3.05, 3.63) is 47.5 Å². The number of hydrogen-bond donors (Lipinski definition) is 3. The Labute approximate surface area is 147 Å². The van der Waals surface area contributed by atoms with Gasteiger partial charge < -0.3 is 29.7 Å². The molecule has 2 aromatic rings. The van der Waals surface area contributed by atoms with Crippen molar-refractivity contribution in [2.45, 2.75) is 12.8 Å². The Bertz CT molecular complexity index is 703. The molecule has 0 saturated carbocycles. The number of phenols is 2. The summed E-state index contributed by atoms with van der Waals surface area (Å²) >= 11 is 0. The van der Waals surface area contributed by atoms with Gasteiger partial charge in [-0.3, -0.25) is 0 Å². The summed E-state index contributed by atoms with van der Waals surface area (Å²) in [4.78, 5) is 0. The highest BCUT2D eigenvalue weighted by atomic mass is 16.7. The fourth-order valence-corrected chi connectivity index (χ4v) is 2.83. The van der Waals surface area contributed by atoms with E-state index in [4.69, 9.17) is 14.2 Å². The van der Waals surface area contributed by atoms with Gasteiger partial charge in [0.2, 0.25) is 6.79 Å². The predicted octanol–water partition coefficient (Wildman–Crippen LogP) is 2.58. The minimum atomic E-state index is -0.143. The third-order valence-electron chi connectivity index (χ3n) is 4.24. The largest absolute Gasteiger partial charge is 0.508 e. The molecule has 2 aliphatic heterocycles. The Hall–Kier alpha value is -2.44. The summed E-state index contributed by atoms with van der Waals surface area (Å²) in [5.41, 5.74) is 1.46. The first kappa shape index (κ1) is 17.4. The normalized spacial score (nSPS) is 16.7. The molecule has 0 spiro atoms. The van der Waals surface area contributed by atoms with Crippen LogP contribution in [0.1, 0.15) is 24.0 Å². The lowest BCUT2D eigenvalue weighted by molar-refractivity contribution is 0.109. The number of rotatable bonds is 2. The summed E-state index contributed by atoms with van der Waals surface area (Å²) < 4.78 is 15.5. The molecule has 0 aliphatic carbocycles. The Balaban J connectivity index is 0.000000258. The number of fused-ring (bicyclic) bond motifs is 1. The lowest BCUT2D eigenvalue weighted by Gasteiger charge is -2.16. The molecule has 2 heterocycles. The van der Waals surface area contributed by atoms with E-state index in [0.717, 1.165) is 31.9 Å². The van der Waals surface area contributed by atoms with E-state index in [1.807, 2.05) is 19.1 Å². The standard InChI is InChI=1S/C15H14O4.C4H9NO/c1-9(10-4-2-3-5-12(10)16)11-6-14-15(7-13(11)17)19-8-18-14;1-3-6-4-2-5-1/h2-7,9,16-17H,8H2,1H3;5H,1-4H2. The lowest BCUT2D eigenvalue weighted by Crippen LogP contribution is -2.30. The number of phenolic OH excluding ortho intramolecular Hbond substituents is 2. The molecule has 2 aromatic carbocycles. The quantitative estimate of drug-likeness (QED) is 0.776.